The summed E-state index contributed by atoms with van der Waals surface area (Å²) in [6.45, 7) is 8.14. The fourth-order valence-corrected chi connectivity index (χ4v) is 0.512. The van der Waals surface area contributed by atoms with E-state index in [1.165, 1.54) is 6.26 Å². The minimum atomic E-state index is -0.199. The van der Waals surface area contributed by atoms with Crippen LogP contribution in [0.1, 0.15) is 6.92 Å². The SMILES string of the molecule is C=C(O)COCC(=C)O.CC1=COC1=O. The topological polar surface area (TPSA) is 76.0 Å². The molecule has 15 heavy (non-hydrogen) atoms. The first-order valence-corrected chi connectivity index (χ1v) is 4.12. The number of cyclic esters (lactones) is 1. The van der Waals surface area contributed by atoms with E-state index in [4.69, 9.17) is 10.2 Å². The van der Waals surface area contributed by atoms with Gasteiger partial charge < -0.3 is 19.7 Å². The molecule has 0 aromatic rings. The smallest absolute Gasteiger partial charge is 0.341 e. The van der Waals surface area contributed by atoms with Crippen LogP contribution in [0.25, 0.3) is 0 Å². The highest BCUT2D eigenvalue weighted by molar-refractivity contribution is 5.92. The Kier molecular flexibility index (Phi) is 5.89. The van der Waals surface area contributed by atoms with Gasteiger partial charge in [-0.25, -0.2) is 4.79 Å². The first-order chi connectivity index (χ1) is 6.93. The second kappa shape index (κ2) is 6.67. The summed E-state index contributed by atoms with van der Waals surface area (Å²) in [5, 5.41) is 16.9. The van der Waals surface area contributed by atoms with Crippen molar-refractivity contribution in [3.05, 3.63) is 36.5 Å². The van der Waals surface area contributed by atoms with E-state index in [1.807, 2.05) is 0 Å². The van der Waals surface area contributed by atoms with Gasteiger partial charge in [0.15, 0.2) is 0 Å². The number of hydrogen-bond acceptors (Lipinski definition) is 5. The van der Waals surface area contributed by atoms with Gasteiger partial charge in [-0.05, 0) is 6.92 Å². The molecule has 0 unspecified atom stereocenters. The second-order valence-corrected chi connectivity index (χ2v) is 2.83. The molecule has 1 heterocycles. The Morgan fingerprint density at radius 1 is 1.40 bits per heavy atom. The van der Waals surface area contributed by atoms with Gasteiger partial charge in [0, 0.05) is 0 Å². The van der Waals surface area contributed by atoms with E-state index < -0.39 is 0 Å². The number of rotatable bonds is 4. The molecule has 5 nitrogen and oxygen atoms in total. The highest BCUT2D eigenvalue weighted by atomic mass is 16.5. The molecule has 0 spiro atoms. The summed E-state index contributed by atoms with van der Waals surface area (Å²) < 4.78 is 8.90. The maximum Gasteiger partial charge on any atom is 0.341 e. The van der Waals surface area contributed by atoms with Crippen molar-refractivity contribution >= 4 is 5.97 Å². The van der Waals surface area contributed by atoms with Crippen molar-refractivity contribution in [3.8, 4) is 0 Å². The van der Waals surface area contributed by atoms with Crippen molar-refractivity contribution in [3.63, 3.8) is 0 Å². The number of esters is 1. The van der Waals surface area contributed by atoms with Crippen LogP contribution in [0.2, 0.25) is 0 Å². The Balaban J connectivity index is 0.000000280. The molecule has 5 heteroatoms. The predicted molar refractivity (Wildman–Crippen MR) is 54.2 cm³/mol. The summed E-state index contributed by atoms with van der Waals surface area (Å²) in [4.78, 5) is 9.94. The quantitative estimate of drug-likeness (QED) is 0.549. The summed E-state index contributed by atoms with van der Waals surface area (Å²) in [6, 6.07) is 0. The molecule has 84 valence electrons. The highest BCUT2D eigenvalue weighted by Gasteiger charge is 2.12. The molecule has 0 aromatic heterocycles. The first-order valence-electron chi connectivity index (χ1n) is 4.12. The van der Waals surface area contributed by atoms with Gasteiger partial charge in [-0.3, -0.25) is 0 Å². The molecule has 0 bridgehead atoms. The molecule has 0 amide bonds. The fraction of sp³-hybridized carbons (Fsp3) is 0.300. The Morgan fingerprint density at radius 3 is 1.93 bits per heavy atom. The highest BCUT2D eigenvalue weighted by Crippen LogP contribution is 2.06. The van der Waals surface area contributed by atoms with Crippen LogP contribution < -0.4 is 0 Å². The number of carbonyl (C=O) groups is 1. The van der Waals surface area contributed by atoms with Gasteiger partial charge in [0.2, 0.25) is 0 Å². The van der Waals surface area contributed by atoms with Crippen molar-refractivity contribution in [2.45, 2.75) is 6.92 Å². The molecular weight excluding hydrogens is 200 g/mol. The van der Waals surface area contributed by atoms with Crippen molar-refractivity contribution in [1.29, 1.82) is 0 Å². The molecule has 0 aliphatic carbocycles. The van der Waals surface area contributed by atoms with Crippen LogP contribution in [-0.4, -0.2) is 29.4 Å². The Labute approximate surface area is 87.9 Å². The average Bonchev–Trinajstić information content (AvgIpc) is 2.15. The molecule has 0 fully saturated rings. The lowest BCUT2D eigenvalue weighted by Gasteiger charge is -2.05. The largest absolute Gasteiger partial charge is 0.510 e. The van der Waals surface area contributed by atoms with Crippen molar-refractivity contribution < 1.29 is 24.5 Å². The second-order valence-electron chi connectivity index (χ2n) is 2.83. The molecule has 0 aromatic carbocycles. The van der Waals surface area contributed by atoms with Gasteiger partial charge in [-0.15, -0.1) is 0 Å². The fourth-order valence-electron chi connectivity index (χ4n) is 0.512. The van der Waals surface area contributed by atoms with Crippen molar-refractivity contribution in [1.82, 2.24) is 0 Å². The molecular formula is C10H14O5. The number of aliphatic hydroxyl groups excluding tert-OH is 2. The summed E-state index contributed by atoms with van der Waals surface area (Å²) in [5.74, 6) is -0.317. The van der Waals surface area contributed by atoms with E-state index in [1.54, 1.807) is 6.92 Å². The van der Waals surface area contributed by atoms with E-state index in [9.17, 15) is 4.79 Å². The maximum absolute atomic E-state index is 9.94. The molecule has 1 aliphatic heterocycles. The van der Waals surface area contributed by atoms with Crippen LogP contribution in [0.15, 0.2) is 36.5 Å². The van der Waals surface area contributed by atoms with Crippen molar-refractivity contribution in [2.24, 2.45) is 0 Å². The van der Waals surface area contributed by atoms with E-state index in [-0.39, 0.29) is 30.7 Å². The van der Waals surface area contributed by atoms with Gasteiger partial charge >= 0.3 is 5.97 Å². The van der Waals surface area contributed by atoms with Gasteiger partial charge in [0.05, 0.1) is 5.57 Å². The lowest BCUT2D eigenvalue weighted by atomic mass is 10.3. The van der Waals surface area contributed by atoms with E-state index in [0.717, 1.165) is 0 Å². The molecule has 1 rings (SSSR count). The zero-order valence-electron chi connectivity index (χ0n) is 8.52. The van der Waals surface area contributed by atoms with Crippen LogP contribution in [0.3, 0.4) is 0 Å². The van der Waals surface area contributed by atoms with Crippen LogP contribution >= 0.6 is 0 Å². The van der Waals surface area contributed by atoms with Crippen LogP contribution in [-0.2, 0) is 14.3 Å². The van der Waals surface area contributed by atoms with Crippen LogP contribution in [0.5, 0.6) is 0 Å². The molecule has 2 N–H and O–H groups in total. The van der Waals surface area contributed by atoms with Gasteiger partial charge in [-0.2, -0.15) is 0 Å². The van der Waals surface area contributed by atoms with E-state index >= 15 is 0 Å². The lowest BCUT2D eigenvalue weighted by molar-refractivity contribution is -0.138. The third-order valence-corrected chi connectivity index (χ3v) is 1.20. The summed E-state index contributed by atoms with van der Waals surface area (Å²) in [5.41, 5.74) is 0.704. The summed E-state index contributed by atoms with van der Waals surface area (Å²) >= 11 is 0. The third-order valence-electron chi connectivity index (χ3n) is 1.20. The van der Waals surface area contributed by atoms with Crippen LogP contribution in [0.4, 0.5) is 0 Å². The standard InChI is InChI=1S/C6H10O3.C4H4O2/c1-5(7)3-9-4-6(2)8;1-3-2-6-4(3)5/h7-8H,1-4H2;2H,1H3. The zero-order chi connectivity index (χ0) is 11.8. The molecule has 0 saturated carbocycles. The lowest BCUT2D eigenvalue weighted by Crippen LogP contribution is -2.10. The molecule has 0 saturated heterocycles. The Morgan fingerprint density at radius 2 is 1.80 bits per heavy atom. The molecule has 1 aliphatic rings. The molecule has 0 radical (unpaired) electrons. The number of ether oxygens (including phenoxy) is 2. The van der Waals surface area contributed by atoms with Crippen molar-refractivity contribution in [2.75, 3.05) is 13.2 Å². The number of aliphatic hydroxyl groups is 2. The zero-order valence-corrected chi connectivity index (χ0v) is 8.52. The normalized spacial score (nSPS) is 12.6. The average molecular weight is 214 g/mol. The van der Waals surface area contributed by atoms with Crippen LogP contribution in [0, 0.1) is 0 Å². The van der Waals surface area contributed by atoms with Gasteiger partial charge in [-0.1, -0.05) is 13.2 Å². The third kappa shape index (κ3) is 7.33. The number of hydrogen-bond donors (Lipinski definition) is 2. The summed E-state index contributed by atoms with van der Waals surface area (Å²) in [7, 11) is 0. The molecule has 0 atom stereocenters. The van der Waals surface area contributed by atoms with Gasteiger partial charge in [0.1, 0.15) is 31.0 Å². The van der Waals surface area contributed by atoms with E-state index in [0.29, 0.717) is 5.57 Å². The Bertz CT molecular complexity index is 276. The monoisotopic (exact) mass is 214 g/mol. The van der Waals surface area contributed by atoms with Gasteiger partial charge in [0.25, 0.3) is 0 Å². The number of carbonyl (C=O) groups excluding carboxylic acids is 1. The van der Waals surface area contributed by atoms with E-state index in [2.05, 4.69) is 22.6 Å². The predicted octanol–water partition coefficient (Wildman–Crippen LogP) is 1.59. The Hall–Kier alpha value is -1.75. The minimum absolute atomic E-state index is 0.0412. The first kappa shape index (κ1) is 13.2. The summed E-state index contributed by atoms with van der Waals surface area (Å²) in [6.07, 6.45) is 1.43. The minimum Gasteiger partial charge on any atom is -0.510 e. The maximum atomic E-state index is 9.94.